The van der Waals surface area contributed by atoms with Crippen LogP contribution < -0.4 is 16.4 Å². The zero-order chi connectivity index (χ0) is 14.5. The van der Waals surface area contributed by atoms with Crippen LogP contribution in [0.25, 0.3) is 0 Å². The molecular formula is C13H16ClN3O3. The summed E-state index contributed by atoms with van der Waals surface area (Å²) in [5, 5.41) is 5.62. The maximum Gasteiger partial charge on any atom is 0.319 e. The van der Waals surface area contributed by atoms with Gasteiger partial charge in [0.15, 0.2) is 0 Å². The molecule has 20 heavy (non-hydrogen) atoms. The van der Waals surface area contributed by atoms with E-state index in [4.69, 9.17) is 22.1 Å². The minimum Gasteiger partial charge on any atom is -0.381 e. The van der Waals surface area contributed by atoms with Crippen LogP contribution in [0.4, 0.5) is 10.5 Å². The SMILES string of the molecule is NC(=O)c1ccc(NC(=O)NC[C@@H]2CCOC2)cc1Cl. The number of nitrogens with two attached hydrogens (primary N) is 1. The van der Waals surface area contributed by atoms with Gasteiger partial charge in [0.25, 0.3) is 0 Å². The van der Waals surface area contributed by atoms with Gasteiger partial charge in [-0.25, -0.2) is 4.79 Å². The molecule has 0 unspecified atom stereocenters. The average Bonchev–Trinajstić information content (AvgIpc) is 2.89. The van der Waals surface area contributed by atoms with Crippen LogP contribution in [0.5, 0.6) is 0 Å². The molecule has 0 radical (unpaired) electrons. The fourth-order valence-electron chi connectivity index (χ4n) is 1.95. The molecule has 0 aliphatic carbocycles. The quantitative estimate of drug-likeness (QED) is 0.788. The molecule has 1 saturated heterocycles. The Morgan fingerprint density at radius 1 is 1.45 bits per heavy atom. The van der Waals surface area contributed by atoms with Gasteiger partial charge in [-0.1, -0.05) is 11.6 Å². The summed E-state index contributed by atoms with van der Waals surface area (Å²) in [4.78, 5) is 22.7. The predicted molar refractivity (Wildman–Crippen MR) is 75.9 cm³/mol. The van der Waals surface area contributed by atoms with E-state index in [2.05, 4.69) is 10.6 Å². The minimum atomic E-state index is -0.604. The van der Waals surface area contributed by atoms with Crippen molar-refractivity contribution in [3.63, 3.8) is 0 Å². The lowest BCUT2D eigenvalue weighted by molar-refractivity contribution is 0.100. The summed E-state index contributed by atoms with van der Waals surface area (Å²) >= 11 is 5.90. The molecule has 1 aromatic carbocycles. The molecule has 108 valence electrons. The molecule has 1 aliphatic rings. The summed E-state index contributed by atoms with van der Waals surface area (Å²) in [5.41, 5.74) is 5.87. The van der Waals surface area contributed by atoms with Crippen LogP contribution in [0.3, 0.4) is 0 Å². The number of anilines is 1. The monoisotopic (exact) mass is 297 g/mol. The standard InChI is InChI=1S/C13H16ClN3O3/c14-11-5-9(1-2-10(11)12(15)18)17-13(19)16-6-8-3-4-20-7-8/h1-2,5,8H,3-4,6-7H2,(H2,15,18)(H2,16,17,19)/t8-/m0/s1. The first-order valence-corrected chi connectivity index (χ1v) is 6.66. The van der Waals surface area contributed by atoms with Crippen LogP contribution in [0.1, 0.15) is 16.8 Å². The molecule has 0 aromatic heterocycles. The second kappa shape index (κ2) is 6.58. The minimum absolute atomic E-state index is 0.208. The Balaban J connectivity index is 1.87. The van der Waals surface area contributed by atoms with E-state index in [1.807, 2.05) is 0 Å². The smallest absolute Gasteiger partial charge is 0.319 e. The number of primary amides is 1. The van der Waals surface area contributed by atoms with Crippen molar-refractivity contribution in [2.24, 2.45) is 11.7 Å². The molecule has 1 aliphatic heterocycles. The summed E-state index contributed by atoms with van der Waals surface area (Å²) < 4.78 is 5.23. The molecule has 1 fully saturated rings. The predicted octanol–water partition coefficient (Wildman–Crippen LogP) is 1.60. The van der Waals surface area contributed by atoms with Crippen LogP contribution in [-0.2, 0) is 4.74 Å². The van der Waals surface area contributed by atoms with Gasteiger partial charge in [-0.05, 0) is 24.6 Å². The summed E-state index contributed by atoms with van der Waals surface area (Å²) in [6.07, 6.45) is 0.958. The molecule has 4 N–H and O–H groups in total. The number of urea groups is 1. The van der Waals surface area contributed by atoms with Crippen molar-refractivity contribution in [2.75, 3.05) is 25.1 Å². The molecule has 7 heteroatoms. The topological polar surface area (TPSA) is 93.5 Å². The lowest BCUT2D eigenvalue weighted by Gasteiger charge is -2.11. The first-order chi connectivity index (χ1) is 9.56. The highest BCUT2D eigenvalue weighted by atomic mass is 35.5. The summed E-state index contributed by atoms with van der Waals surface area (Å²) in [6.45, 7) is 2.00. The third kappa shape index (κ3) is 3.85. The highest BCUT2D eigenvalue weighted by Crippen LogP contribution is 2.20. The lowest BCUT2D eigenvalue weighted by Crippen LogP contribution is -2.33. The summed E-state index contributed by atoms with van der Waals surface area (Å²) in [6, 6.07) is 4.22. The number of nitrogens with one attached hydrogen (secondary N) is 2. The number of hydrogen-bond acceptors (Lipinski definition) is 3. The molecule has 1 heterocycles. The maximum atomic E-state index is 11.7. The van der Waals surface area contributed by atoms with E-state index in [1.165, 1.54) is 12.1 Å². The van der Waals surface area contributed by atoms with Crippen molar-refractivity contribution in [3.8, 4) is 0 Å². The summed E-state index contributed by atoms with van der Waals surface area (Å²) in [5.74, 6) is -0.242. The van der Waals surface area contributed by atoms with Gasteiger partial charge < -0.3 is 21.1 Å². The van der Waals surface area contributed by atoms with Crippen molar-refractivity contribution >= 4 is 29.2 Å². The van der Waals surface area contributed by atoms with Crippen molar-refractivity contribution < 1.29 is 14.3 Å². The van der Waals surface area contributed by atoms with Crippen LogP contribution in [0.15, 0.2) is 18.2 Å². The van der Waals surface area contributed by atoms with E-state index in [-0.39, 0.29) is 16.6 Å². The third-order valence-corrected chi connectivity index (χ3v) is 3.38. The van der Waals surface area contributed by atoms with Gasteiger partial charge in [0.05, 0.1) is 17.2 Å². The lowest BCUT2D eigenvalue weighted by atomic mass is 10.1. The fourth-order valence-corrected chi connectivity index (χ4v) is 2.22. The number of ether oxygens (including phenoxy) is 1. The Morgan fingerprint density at radius 2 is 2.25 bits per heavy atom. The third-order valence-electron chi connectivity index (χ3n) is 3.07. The normalized spacial score (nSPS) is 17.8. The molecule has 1 aromatic rings. The molecule has 0 bridgehead atoms. The maximum absolute atomic E-state index is 11.7. The summed E-state index contributed by atoms with van der Waals surface area (Å²) in [7, 11) is 0. The van der Waals surface area contributed by atoms with Crippen molar-refractivity contribution in [3.05, 3.63) is 28.8 Å². The second-order valence-corrected chi connectivity index (χ2v) is 5.03. The molecule has 3 amide bonds. The molecule has 6 nitrogen and oxygen atoms in total. The van der Waals surface area contributed by atoms with Gasteiger partial charge >= 0.3 is 6.03 Å². The molecule has 0 saturated carbocycles. The van der Waals surface area contributed by atoms with E-state index in [0.717, 1.165) is 13.0 Å². The number of amides is 3. The molecular weight excluding hydrogens is 282 g/mol. The van der Waals surface area contributed by atoms with E-state index in [9.17, 15) is 9.59 Å². The Morgan fingerprint density at radius 3 is 2.85 bits per heavy atom. The number of halogens is 1. The zero-order valence-corrected chi connectivity index (χ0v) is 11.6. The van der Waals surface area contributed by atoms with Crippen molar-refractivity contribution in [1.29, 1.82) is 0 Å². The Bertz CT molecular complexity index is 516. The first kappa shape index (κ1) is 14.6. The van der Waals surface area contributed by atoms with E-state index in [1.54, 1.807) is 6.07 Å². The Hall–Kier alpha value is -1.79. The van der Waals surface area contributed by atoms with Gasteiger partial charge in [0.2, 0.25) is 5.91 Å². The Labute approximate surface area is 121 Å². The van der Waals surface area contributed by atoms with E-state index >= 15 is 0 Å². The first-order valence-electron chi connectivity index (χ1n) is 6.28. The van der Waals surface area contributed by atoms with Crippen LogP contribution >= 0.6 is 11.6 Å². The largest absolute Gasteiger partial charge is 0.381 e. The highest BCUT2D eigenvalue weighted by Gasteiger charge is 2.16. The zero-order valence-electron chi connectivity index (χ0n) is 10.8. The highest BCUT2D eigenvalue weighted by molar-refractivity contribution is 6.34. The average molecular weight is 298 g/mol. The van der Waals surface area contributed by atoms with Crippen molar-refractivity contribution in [2.45, 2.75) is 6.42 Å². The second-order valence-electron chi connectivity index (χ2n) is 4.62. The van der Waals surface area contributed by atoms with Gasteiger partial charge in [-0.15, -0.1) is 0 Å². The molecule has 0 spiro atoms. The van der Waals surface area contributed by atoms with Gasteiger partial charge in [-0.3, -0.25) is 4.79 Å². The van der Waals surface area contributed by atoms with Gasteiger partial charge in [0, 0.05) is 24.8 Å². The fraction of sp³-hybridized carbons (Fsp3) is 0.385. The van der Waals surface area contributed by atoms with E-state index in [0.29, 0.717) is 24.8 Å². The Kier molecular flexibility index (Phi) is 4.81. The number of carbonyl (C=O) groups is 2. The molecule has 1 atom stereocenters. The number of benzene rings is 1. The molecule has 2 rings (SSSR count). The van der Waals surface area contributed by atoms with E-state index < -0.39 is 5.91 Å². The van der Waals surface area contributed by atoms with Crippen LogP contribution in [0.2, 0.25) is 5.02 Å². The number of hydrogen-bond donors (Lipinski definition) is 3. The van der Waals surface area contributed by atoms with Crippen LogP contribution in [-0.4, -0.2) is 31.7 Å². The van der Waals surface area contributed by atoms with Crippen molar-refractivity contribution in [1.82, 2.24) is 5.32 Å². The van der Waals surface area contributed by atoms with Gasteiger partial charge in [0.1, 0.15) is 0 Å². The van der Waals surface area contributed by atoms with Gasteiger partial charge in [-0.2, -0.15) is 0 Å². The van der Waals surface area contributed by atoms with Crippen LogP contribution in [0, 0.1) is 5.92 Å². The number of carbonyl (C=O) groups excluding carboxylic acids is 2. The number of rotatable bonds is 4.